The molecule has 0 saturated carbocycles. The van der Waals surface area contributed by atoms with Crippen molar-refractivity contribution in [1.82, 2.24) is 40.4 Å². The van der Waals surface area contributed by atoms with Gasteiger partial charge < -0.3 is 0 Å². The molecule has 4 aromatic rings. The van der Waals surface area contributed by atoms with Crippen molar-refractivity contribution in [1.29, 1.82) is 0 Å². The van der Waals surface area contributed by atoms with Gasteiger partial charge in [0.2, 0.25) is 11.0 Å². The van der Waals surface area contributed by atoms with Gasteiger partial charge in [0.25, 0.3) is 11.4 Å². The van der Waals surface area contributed by atoms with Gasteiger partial charge in [-0.05, 0) is 46.3 Å². The van der Waals surface area contributed by atoms with Crippen LogP contribution in [0.5, 0.6) is 0 Å². The maximum Gasteiger partial charge on any atom is 0.277 e. The molecule has 0 atom stereocenters. The van der Waals surface area contributed by atoms with Gasteiger partial charge in [-0.3, -0.25) is 20.2 Å². The number of aryl methyl sites for hydroxylation is 1. The minimum atomic E-state index is -0.708. The standard InChI is InChI=1S/C17H13BrN10O4S/c18-12-2-4-13(5-3-12)26-17(20-22-24-26)33-7-1-6-25-21-16(19-23-25)11-8-14(27(29)30)10-15(9-11)28(31)32/h2-5,8-10H,1,6-7H2. The van der Waals surface area contributed by atoms with Gasteiger partial charge in [0, 0.05) is 27.9 Å². The zero-order chi connectivity index (χ0) is 23.4. The second-order valence-electron chi connectivity index (χ2n) is 6.51. The first-order valence-electron chi connectivity index (χ1n) is 9.30. The fourth-order valence-electron chi connectivity index (χ4n) is 2.77. The van der Waals surface area contributed by atoms with Crippen LogP contribution in [0.25, 0.3) is 17.1 Å². The molecule has 4 rings (SSSR count). The van der Waals surface area contributed by atoms with Gasteiger partial charge in [0.05, 0.1) is 28.1 Å². The zero-order valence-corrected chi connectivity index (χ0v) is 19.0. The van der Waals surface area contributed by atoms with Crippen LogP contribution in [0, 0.1) is 20.2 Å². The lowest BCUT2D eigenvalue weighted by molar-refractivity contribution is -0.394. The van der Waals surface area contributed by atoms with Gasteiger partial charge in [-0.2, -0.15) is 9.48 Å². The molecular formula is C17H13BrN10O4S. The molecule has 0 bridgehead atoms. The monoisotopic (exact) mass is 532 g/mol. The van der Waals surface area contributed by atoms with E-state index in [1.165, 1.54) is 28.7 Å². The summed E-state index contributed by atoms with van der Waals surface area (Å²) in [5, 5.41) is 46.5. The van der Waals surface area contributed by atoms with Crippen LogP contribution in [0.4, 0.5) is 11.4 Å². The summed E-state index contributed by atoms with van der Waals surface area (Å²) in [5.74, 6) is 0.726. The minimum absolute atomic E-state index is 0.0636. The Morgan fingerprint density at radius 1 is 0.970 bits per heavy atom. The van der Waals surface area contributed by atoms with Crippen LogP contribution in [0.3, 0.4) is 0 Å². The number of nitro benzene ring substituents is 2. The number of tetrazole rings is 2. The zero-order valence-electron chi connectivity index (χ0n) is 16.6. The highest BCUT2D eigenvalue weighted by Crippen LogP contribution is 2.27. The number of aromatic nitrogens is 8. The Balaban J connectivity index is 1.38. The Bertz CT molecular complexity index is 1280. The van der Waals surface area contributed by atoms with E-state index >= 15 is 0 Å². The van der Waals surface area contributed by atoms with Gasteiger partial charge in [-0.1, -0.05) is 27.7 Å². The fraction of sp³-hybridized carbons (Fsp3) is 0.176. The van der Waals surface area contributed by atoms with Crippen molar-refractivity contribution in [2.45, 2.75) is 18.1 Å². The topological polar surface area (TPSA) is 173 Å². The summed E-state index contributed by atoms with van der Waals surface area (Å²) in [7, 11) is 0. The molecule has 0 amide bonds. The van der Waals surface area contributed by atoms with Crippen molar-refractivity contribution in [2.75, 3.05) is 5.75 Å². The molecule has 14 nitrogen and oxygen atoms in total. The number of nitro groups is 2. The van der Waals surface area contributed by atoms with E-state index < -0.39 is 21.2 Å². The number of benzene rings is 2. The Kier molecular flexibility index (Phi) is 6.64. The molecule has 0 aliphatic carbocycles. The van der Waals surface area contributed by atoms with E-state index in [1.54, 1.807) is 4.68 Å². The molecule has 0 aliphatic heterocycles. The SMILES string of the molecule is O=[N+]([O-])c1cc(-c2nnn(CCCSc3nnnn3-c3ccc(Br)cc3)n2)cc([N+](=O)[O-])c1. The van der Waals surface area contributed by atoms with Crippen LogP contribution in [-0.4, -0.2) is 56.0 Å². The smallest absolute Gasteiger partial charge is 0.258 e. The molecule has 0 radical (unpaired) electrons. The molecule has 0 fully saturated rings. The second-order valence-corrected chi connectivity index (χ2v) is 8.49. The highest BCUT2D eigenvalue weighted by Gasteiger charge is 2.19. The number of thioether (sulfide) groups is 1. The number of nitrogens with zero attached hydrogens (tertiary/aromatic N) is 10. The first-order valence-corrected chi connectivity index (χ1v) is 11.1. The first-order chi connectivity index (χ1) is 15.9. The van der Waals surface area contributed by atoms with Crippen LogP contribution >= 0.6 is 27.7 Å². The maximum absolute atomic E-state index is 11.1. The molecule has 0 unspecified atom stereocenters. The third kappa shape index (κ3) is 5.35. The Morgan fingerprint density at radius 3 is 2.33 bits per heavy atom. The van der Waals surface area contributed by atoms with Gasteiger partial charge in [-0.25, -0.2) is 0 Å². The highest BCUT2D eigenvalue weighted by atomic mass is 79.9. The van der Waals surface area contributed by atoms with Crippen molar-refractivity contribution in [3.63, 3.8) is 0 Å². The lowest BCUT2D eigenvalue weighted by Crippen LogP contribution is -2.04. The summed E-state index contributed by atoms with van der Waals surface area (Å²) in [4.78, 5) is 22.0. The van der Waals surface area contributed by atoms with Crippen molar-refractivity contribution in [3.05, 3.63) is 67.2 Å². The predicted molar refractivity (Wildman–Crippen MR) is 119 cm³/mol. The van der Waals surface area contributed by atoms with Gasteiger partial charge >= 0.3 is 0 Å². The number of rotatable bonds is 9. The lowest BCUT2D eigenvalue weighted by atomic mass is 10.1. The van der Waals surface area contributed by atoms with Crippen LogP contribution < -0.4 is 0 Å². The van der Waals surface area contributed by atoms with E-state index in [4.69, 9.17) is 0 Å². The quantitative estimate of drug-likeness (QED) is 0.134. The largest absolute Gasteiger partial charge is 0.277 e. The Morgan fingerprint density at radius 2 is 1.67 bits per heavy atom. The summed E-state index contributed by atoms with van der Waals surface area (Å²) < 4.78 is 2.59. The average Bonchev–Trinajstić information content (AvgIpc) is 3.47. The Hall–Kier alpha value is -3.79. The third-order valence-corrected chi connectivity index (χ3v) is 5.82. The van der Waals surface area contributed by atoms with Gasteiger partial charge in [0.1, 0.15) is 0 Å². The molecule has 33 heavy (non-hydrogen) atoms. The molecule has 0 spiro atoms. The summed E-state index contributed by atoms with van der Waals surface area (Å²) in [6.07, 6.45) is 0.656. The molecule has 16 heteroatoms. The van der Waals surface area contributed by atoms with E-state index in [0.29, 0.717) is 23.9 Å². The van der Waals surface area contributed by atoms with Crippen molar-refractivity contribution in [2.24, 2.45) is 0 Å². The van der Waals surface area contributed by atoms with Crippen molar-refractivity contribution in [3.8, 4) is 17.1 Å². The fourth-order valence-corrected chi connectivity index (χ4v) is 3.85. The van der Waals surface area contributed by atoms with Gasteiger partial charge in [-0.15, -0.1) is 15.3 Å². The van der Waals surface area contributed by atoms with E-state index in [2.05, 4.69) is 46.9 Å². The molecule has 0 aliphatic rings. The molecule has 0 saturated heterocycles. The van der Waals surface area contributed by atoms with Crippen molar-refractivity contribution >= 4 is 39.1 Å². The summed E-state index contributed by atoms with van der Waals surface area (Å²) in [6.45, 7) is 0.414. The second kappa shape index (κ2) is 9.78. The van der Waals surface area contributed by atoms with Gasteiger partial charge in [0.15, 0.2) is 0 Å². The van der Waals surface area contributed by atoms with Crippen LogP contribution in [0.2, 0.25) is 0 Å². The summed E-state index contributed by atoms with van der Waals surface area (Å²) >= 11 is 4.85. The summed E-state index contributed by atoms with van der Waals surface area (Å²) in [5.41, 5.74) is 0.135. The van der Waals surface area contributed by atoms with E-state index in [-0.39, 0.29) is 11.4 Å². The first kappa shape index (κ1) is 22.4. The van der Waals surface area contributed by atoms with E-state index in [9.17, 15) is 20.2 Å². The molecule has 0 N–H and O–H groups in total. The number of hydrogen-bond acceptors (Lipinski definition) is 11. The molecule has 2 heterocycles. The van der Waals surface area contributed by atoms with Crippen LogP contribution in [0.15, 0.2) is 52.1 Å². The summed E-state index contributed by atoms with van der Waals surface area (Å²) in [6, 6.07) is 10.8. The number of non-ortho nitro benzene ring substituents is 2. The lowest BCUT2D eigenvalue weighted by Gasteiger charge is -2.04. The number of halogens is 1. The molecule has 2 aromatic carbocycles. The predicted octanol–water partition coefficient (Wildman–Crippen LogP) is 3.08. The third-order valence-electron chi connectivity index (χ3n) is 4.28. The minimum Gasteiger partial charge on any atom is -0.258 e. The van der Waals surface area contributed by atoms with E-state index in [0.717, 1.165) is 16.2 Å². The Labute approximate surface area is 197 Å². The highest BCUT2D eigenvalue weighted by molar-refractivity contribution is 9.10. The molecular weight excluding hydrogens is 520 g/mol. The van der Waals surface area contributed by atoms with Crippen LogP contribution in [-0.2, 0) is 6.54 Å². The maximum atomic E-state index is 11.1. The van der Waals surface area contributed by atoms with Crippen LogP contribution in [0.1, 0.15) is 6.42 Å². The average molecular weight is 533 g/mol. The number of hydrogen-bond donors (Lipinski definition) is 0. The normalized spacial score (nSPS) is 10.9. The van der Waals surface area contributed by atoms with E-state index in [1.807, 2.05) is 24.3 Å². The molecule has 2 aromatic heterocycles. The van der Waals surface area contributed by atoms with Crippen molar-refractivity contribution < 1.29 is 9.85 Å². The molecule has 168 valence electrons.